The van der Waals surface area contributed by atoms with Gasteiger partial charge in [-0.15, -0.1) is 0 Å². The Morgan fingerprint density at radius 2 is 0.702 bits per heavy atom. The summed E-state index contributed by atoms with van der Waals surface area (Å²) < 4.78 is 16.9. The molecule has 84 heavy (non-hydrogen) atoms. The van der Waals surface area contributed by atoms with E-state index in [0.29, 0.717) is 0 Å². The van der Waals surface area contributed by atoms with Crippen LogP contribution >= 0.6 is 0 Å². The van der Waals surface area contributed by atoms with E-state index in [1.165, 1.54) is 54.1 Å². The first-order valence-electron chi connectivity index (χ1n) is 28.7. The molecule has 1 aliphatic heterocycles. The number of pyridine rings is 2. The normalized spacial score (nSPS) is 14.3. The van der Waals surface area contributed by atoms with E-state index in [2.05, 4.69) is 285 Å². The molecule has 7 heterocycles. The molecule has 0 amide bonds. The fraction of sp³-hybridized carbons (Fsp3) is 0.0130. The molecule has 0 N–H and O–H groups in total. The van der Waals surface area contributed by atoms with E-state index in [1.807, 2.05) is 12.4 Å². The van der Waals surface area contributed by atoms with Crippen molar-refractivity contribution in [3.05, 3.63) is 302 Å². The van der Waals surface area contributed by atoms with Gasteiger partial charge in [0.1, 0.15) is 11.5 Å². The van der Waals surface area contributed by atoms with Crippen LogP contribution in [0.2, 0.25) is 0 Å². The highest BCUT2D eigenvalue weighted by molar-refractivity contribution is 6.13. The second-order valence-corrected chi connectivity index (χ2v) is 22.4. The van der Waals surface area contributed by atoms with Crippen molar-refractivity contribution >= 4 is 87.2 Å². The zero-order valence-corrected chi connectivity index (χ0v) is 45.1. The maximum Gasteiger partial charge on any atom is 0.134 e. The Kier molecular flexibility index (Phi) is 9.14. The van der Waals surface area contributed by atoms with Gasteiger partial charge in [0, 0.05) is 89.1 Å². The van der Waals surface area contributed by atoms with Crippen LogP contribution in [0.5, 0.6) is 11.5 Å². The first-order valence-corrected chi connectivity index (χ1v) is 28.7. The van der Waals surface area contributed by atoms with Crippen LogP contribution < -0.4 is 4.74 Å². The monoisotopic (exact) mass is 1070 g/mol. The number of hydrogen-bond acceptors (Lipinski definition) is 3. The smallest absolute Gasteiger partial charge is 0.134 e. The number of para-hydroxylation sites is 7. The van der Waals surface area contributed by atoms with E-state index in [9.17, 15) is 0 Å². The summed E-state index contributed by atoms with van der Waals surface area (Å²) in [5.74, 6) is 1.58. The summed E-state index contributed by atoms with van der Waals surface area (Å²) >= 11 is 0. The second kappa shape index (κ2) is 16.9. The third-order valence-electron chi connectivity index (χ3n) is 18.3. The highest BCUT2D eigenvalue weighted by atomic mass is 16.5. The summed E-state index contributed by atoms with van der Waals surface area (Å²) in [7, 11) is 0. The van der Waals surface area contributed by atoms with Gasteiger partial charge in [0.15, 0.2) is 0 Å². The van der Waals surface area contributed by atoms with Gasteiger partial charge in [0.2, 0.25) is 0 Å². The lowest BCUT2D eigenvalue weighted by Crippen LogP contribution is -2.32. The second-order valence-electron chi connectivity index (χ2n) is 22.4. The molecular formula is C77H46N6O. The third kappa shape index (κ3) is 6.03. The maximum atomic E-state index is 7.37. The number of hydrogen-bond donors (Lipinski definition) is 0. The number of ether oxygens (including phenoxy) is 1. The maximum absolute atomic E-state index is 7.37. The van der Waals surface area contributed by atoms with Crippen molar-refractivity contribution in [2.45, 2.75) is 5.41 Å². The van der Waals surface area contributed by atoms with Gasteiger partial charge < -0.3 is 23.0 Å². The molecule has 390 valence electrons. The van der Waals surface area contributed by atoms with Gasteiger partial charge in [0.05, 0.1) is 72.8 Å². The SMILES string of the molecule is c1cc(-n2c3ccccc3c3ccccc32)cc(-n2c3ccccc3c3cc(-c4ccc5c(c4)C4(c6ccc(-n7c8ccccc8c8ccccc87)cc6O5)c5cccnc5-c5ncc(-n6c7ccccc7c7ccccc76)cc54)ccc32)c1. The van der Waals surface area contributed by atoms with Crippen LogP contribution in [0, 0.1) is 0 Å². The van der Waals surface area contributed by atoms with E-state index in [-0.39, 0.29) is 0 Å². The van der Waals surface area contributed by atoms with Crippen LogP contribution in [0.15, 0.2) is 279 Å². The molecule has 7 nitrogen and oxygen atoms in total. The van der Waals surface area contributed by atoms with Crippen molar-refractivity contribution < 1.29 is 4.74 Å². The van der Waals surface area contributed by atoms with Crippen LogP contribution in [-0.2, 0) is 5.41 Å². The number of aromatic nitrogens is 6. The lowest BCUT2D eigenvalue weighted by atomic mass is 9.66. The number of rotatable bonds is 5. The largest absolute Gasteiger partial charge is 0.457 e. The van der Waals surface area contributed by atoms with Crippen molar-refractivity contribution in [3.8, 4) is 56.8 Å². The molecule has 17 aromatic rings. The van der Waals surface area contributed by atoms with Crippen LogP contribution in [0.25, 0.3) is 132 Å². The highest BCUT2D eigenvalue weighted by Gasteiger charge is 2.53. The Bertz CT molecular complexity index is 5540. The molecule has 0 fully saturated rings. The van der Waals surface area contributed by atoms with Crippen molar-refractivity contribution in [2.75, 3.05) is 0 Å². The molecule has 0 saturated carbocycles. The molecule has 1 spiro atoms. The first-order chi connectivity index (χ1) is 41.7. The van der Waals surface area contributed by atoms with Crippen molar-refractivity contribution in [3.63, 3.8) is 0 Å². The quantitative estimate of drug-likeness (QED) is 0.173. The third-order valence-corrected chi connectivity index (χ3v) is 18.3. The zero-order valence-electron chi connectivity index (χ0n) is 45.1. The molecule has 0 bridgehead atoms. The minimum atomic E-state index is -0.888. The molecule has 19 rings (SSSR count). The van der Waals surface area contributed by atoms with E-state index in [1.54, 1.807) is 0 Å². The fourth-order valence-corrected chi connectivity index (χ4v) is 14.9. The van der Waals surface area contributed by atoms with Gasteiger partial charge in [-0.2, -0.15) is 0 Å². The summed E-state index contributed by atoms with van der Waals surface area (Å²) in [6.45, 7) is 0. The van der Waals surface area contributed by atoms with E-state index in [0.717, 1.165) is 112 Å². The lowest BCUT2D eigenvalue weighted by molar-refractivity contribution is 0.436. The summed E-state index contributed by atoms with van der Waals surface area (Å²) in [4.78, 5) is 10.7. The molecular weight excluding hydrogens is 1020 g/mol. The fourth-order valence-electron chi connectivity index (χ4n) is 14.9. The topological polar surface area (TPSA) is 54.7 Å². The van der Waals surface area contributed by atoms with Crippen molar-refractivity contribution in [2.24, 2.45) is 0 Å². The van der Waals surface area contributed by atoms with Crippen LogP contribution in [-0.4, -0.2) is 28.2 Å². The summed E-state index contributed by atoms with van der Waals surface area (Å²) in [5.41, 5.74) is 20.7. The van der Waals surface area contributed by atoms with Crippen LogP contribution in [0.4, 0.5) is 0 Å². The van der Waals surface area contributed by atoms with Gasteiger partial charge in [0.25, 0.3) is 0 Å². The molecule has 1 unspecified atom stereocenters. The molecule has 0 saturated heterocycles. The minimum absolute atomic E-state index is 0.788. The predicted octanol–water partition coefficient (Wildman–Crippen LogP) is 19.0. The molecule has 7 heteroatoms. The Labute approximate surface area is 481 Å². The molecule has 2 aliphatic rings. The van der Waals surface area contributed by atoms with E-state index < -0.39 is 5.41 Å². The summed E-state index contributed by atoms with van der Waals surface area (Å²) in [6.07, 6.45) is 3.93. The number of benzene rings is 11. The van der Waals surface area contributed by atoms with Gasteiger partial charge in [-0.3, -0.25) is 9.97 Å². The van der Waals surface area contributed by atoms with Gasteiger partial charge in [-0.05, 0) is 120 Å². The Balaban J connectivity index is 0.827. The lowest BCUT2D eigenvalue weighted by Gasteiger charge is -2.39. The number of fused-ring (bicyclic) bond motifs is 21. The average Bonchev–Trinajstić information content (AvgIpc) is 2.37. The Morgan fingerprint density at radius 3 is 1.24 bits per heavy atom. The van der Waals surface area contributed by atoms with E-state index >= 15 is 0 Å². The van der Waals surface area contributed by atoms with Gasteiger partial charge >= 0.3 is 0 Å². The number of nitrogens with zero attached hydrogens (tertiary/aromatic N) is 6. The zero-order chi connectivity index (χ0) is 54.8. The Hall–Kier alpha value is -11.3. The first kappa shape index (κ1) is 45.4. The predicted molar refractivity (Wildman–Crippen MR) is 342 cm³/mol. The molecule has 6 aromatic heterocycles. The molecule has 0 radical (unpaired) electrons. The highest BCUT2D eigenvalue weighted by Crippen LogP contribution is 2.62. The van der Waals surface area contributed by atoms with Crippen LogP contribution in [0.1, 0.15) is 22.3 Å². The standard InChI is InChI=1S/C77H46N6O/c1-8-27-65-53(19-1)54-20-2-9-28-66(54)80(65)49-17-15-18-50(43-49)81-71-33-14-7-25-59(71)60-41-47(34-38-72(60)81)48-35-39-73-63(42-48)77(61-37-36-51(45-74(61)84-73)82-67-29-10-3-21-55(67)56-22-4-11-30-68(56)82)62-26-16-40-78-75(62)76-64(77)44-52(46-79-76)83-69-31-12-5-23-57(69)58-24-6-13-32-70(58)83/h1-46H. The molecule has 11 aromatic carbocycles. The van der Waals surface area contributed by atoms with Crippen molar-refractivity contribution in [1.29, 1.82) is 0 Å². The molecule has 1 aliphatic carbocycles. The van der Waals surface area contributed by atoms with Crippen molar-refractivity contribution in [1.82, 2.24) is 28.2 Å². The average molecular weight is 1070 g/mol. The van der Waals surface area contributed by atoms with E-state index in [4.69, 9.17) is 14.7 Å². The molecule has 1 atom stereocenters. The minimum Gasteiger partial charge on any atom is -0.457 e. The summed E-state index contributed by atoms with van der Waals surface area (Å²) in [5, 5.41) is 9.68. The van der Waals surface area contributed by atoms with Gasteiger partial charge in [-0.1, -0.05) is 158 Å². The van der Waals surface area contributed by atoms with Crippen LogP contribution in [0.3, 0.4) is 0 Å². The Morgan fingerprint density at radius 1 is 0.262 bits per heavy atom. The summed E-state index contributed by atoms with van der Waals surface area (Å²) in [6, 6.07) is 97.3. The van der Waals surface area contributed by atoms with Gasteiger partial charge in [-0.25, -0.2) is 0 Å².